The molecular formula is C13H20ClFN2O2. The van der Waals surface area contributed by atoms with Crippen LogP contribution in [0.2, 0.25) is 0 Å². The fourth-order valence-corrected chi connectivity index (χ4v) is 1.93. The summed E-state index contributed by atoms with van der Waals surface area (Å²) in [6, 6.07) is 1.59. The standard InChI is InChI=1S/C13H20ClFN2O2/c1-18-8-3-6-17(7-9-19-2)13-12(15)11(10-14)4-5-16-13/h4-5H,3,6-10H2,1-2H3. The van der Waals surface area contributed by atoms with Gasteiger partial charge in [0.1, 0.15) is 0 Å². The maximum Gasteiger partial charge on any atom is 0.170 e. The van der Waals surface area contributed by atoms with Crippen molar-refractivity contribution in [1.82, 2.24) is 4.98 Å². The number of alkyl halides is 1. The highest BCUT2D eigenvalue weighted by atomic mass is 35.5. The molecule has 0 amide bonds. The maximum atomic E-state index is 14.2. The summed E-state index contributed by atoms with van der Waals surface area (Å²) >= 11 is 5.71. The predicted octanol–water partition coefficient (Wildman–Crippen LogP) is 2.45. The number of hydrogen-bond donors (Lipinski definition) is 0. The van der Waals surface area contributed by atoms with Crippen molar-refractivity contribution in [2.45, 2.75) is 12.3 Å². The van der Waals surface area contributed by atoms with Gasteiger partial charge in [-0.1, -0.05) is 0 Å². The molecule has 0 aliphatic rings. The summed E-state index contributed by atoms with van der Waals surface area (Å²) in [7, 11) is 3.26. The van der Waals surface area contributed by atoms with Crippen molar-refractivity contribution in [2.75, 3.05) is 45.4 Å². The molecular weight excluding hydrogens is 271 g/mol. The summed E-state index contributed by atoms with van der Waals surface area (Å²) in [5.74, 6) is 0.106. The Labute approximate surface area is 118 Å². The minimum Gasteiger partial charge on any atom is -0.385 e. The van der Waals surface area contributed by atoms with E-state index < -0.39 is 0 Å². The average Bonchev–Trinajstić information content (AvgIpc) is 2.43. The van der Waals surface area contributed by atoms with E-state index >= 15 is 0 Å². The number of ether oxygens (including phenoxy) is 2. The molecule has 0 unspecified atom stereocenters. The fraction of sp³-hybridized carbons (Fsp3) is 0.615. The highest BCUT2D eigenvalue weighted by Crippen LogP contribution is 2.20. The van der Waals surface area contributed by atoms with Crippen LogP contribution in [-0.2, 0) is 15.4 Å². The summed E-state index contributed by atoms with van der Waals surface area (Å²) < 4.78 is 24.3. The number of rotatable bonds is 9. The van der Waals surface area contributed by atoms with E-state index in [9.17, 15) is 4.39 Å². The van der Waals surface area contributed by atoms with E-state index in [0.29, 0.717) is 37.7 Å². The van der Waals surface area contributed by atoms with Gasteiger partial charge in [-0.2, -0.15) is 0 Å². The number of hydrogen-bond acceptors (Lipinski definition) is 4. The molecule has 0 saturated heterocycles. The monoisotopic (exact) mass is 290 g/mol. The van der Waals surface area contributed by atoms with Crippen molar-refractivity contribution in [3.63, 3.8) is 0 Å². The minimum atomic E-state index is -0.356. The normalized spacial score (nSPS) is 10.7. The van der Waals surface area contributed by atoms with E-state index in [2.05, 4.69) is 4.98 Å². The van der Waals surface area contributed by atoms with E-state index in [0.717, 1.165) is 6.42 Å². The molecule has 0 N–H and O–H groups in total. The molecule has 19 heavy (non-hydrogen) atoms. The summed E-state index contributed by atoms with van der Waals surface area (Å²) in [5.41, 5.74) is 0.459. The van der Waals surface area contributed by atoms with Crippen LogP contribution in [0.25, 0.3) is 0 Å². The molecule has 0 spiro atoms. The molecule has 6 heteroatoms. The van der Waals surface area contributed by atoms with Crippen molar-refractivity contribution in [2.24, 2.45) is 0 Å². The molecule has 0 aliphatic carbocycles. The third-order valence-corrected chi connectivity index (χ3v) is 3.02. The molecule has 108 valence electrons. The van der Waals surface area contributed by atoms with E-state index in [4.69, 9.17) is 21.1 Å². The number of anilines is 1. The Morgan fingerprint density at radius 1 is 1.26 bits per heavy atom. The molecule has 0 fully saturated rings. The Balaban J connectivity index is 2.82. The minimum absolute atomic E-state index is 0.136. The second kappa shape index (κ2) is 9.07. The quantitative estimate of drug-likeness (QED) is 0.517. The first-order valence-corrected chi connectivity index (χ1v) is 6.70. The molecule has 1 aromatic heterocycles. The van der Waals surface area contributed by atoms with Crippen LogP contribution in [0.1, 0.15) is 12.0 Å². The Hall–Kier alpha value is -0.910. The van der Waals surface area contributed by atoms with E-state index in [1.807, 2.05) is 4.90 Å². The lowest BCUT2D eigenvalue weighted by atomic mass is 10.2. The predicted molar refractivity (Wildman–Crippen MR) is 74.3 cm³/mol. The average molecular weight is 291 g/mol. The van der Waals surface area contributed by atoms with Gasteiger partial charge in [-0.3, -0.25) is 0 Å². The van der Waals surface area contributed by atoms with Gasteiger partial charge in [0.25, 0.3) is 0 Å². The van der Waals surface area contributed by atoms with Crippen LogP contribution in [0.15, 0.2) is 12.3 Å². The molecule has 1 heterocycles. The highest BCUT2D eigenvalue weighted by molar-refractivity contribution is 6.17. The van der Waals surface area contributed by atoms with Crippen LogP contribution in [0.5, 0.6) is 0 Å². The van der Waals surface area contributed by atoms with Crippen LogP contribution in [0.4, 0.5) is 10.2 Å². The van der Waals surface area contributed by atoms with Crippen molar-refractivity contribution < 1.29 is 13.9 Å². The second-order valence-corrected chi connectivity index (χ2v) is 4.33. The van der Waals surface area contributed by atoms with Crippen LogP contribution >= 0.6 is 11.6 Å². The number of methoxy groups -OCH3 is 2. The maximum absolute atomic E-state index is 14.2. The van der Waals surface area contributed by atoms with Gasteiger partial charge in [0.15, 0.2) is 11.6 Å². The lowest BCUT2D eigenvalue weighted by Gasteiger charge is -2.24. The molecule has 1 aromatic rings. The van der Waals surface area contributed by atoms with Gasteiger partial charge in [0.2, 0.25) is 0 Å². The largest absolute Gasteiger partial charge is 0.385 e. The van der Waals surface area contributed by atoms with E-state index in [1.165, 1.54) is 0 Å². The molecule has 0 radical (unpaired) electrons. The zero-order chi connectivity index (χ0) is 14.1. The topological polar surface area (TPSA) is 34.6 Å². The van der Waals surface area contributed by atoms with Gasteiger partial charge in [-0.15, -0.1) is 11.6 Å². The molecule has 0 aliphatic heterocycles. The number of pyridine rings is 1. The molecule has 0 bridgehead atoms. The summed E-state index contributed by atoms with van der Waals surface area (Å²) in [6.45, 7) is 2.38. The van der Waals surface area contributed by atoms with Gasteiger partial charge in [-0.25, -0.2) is 9.37 Å². The van der Waals surface area contributed by atoms with Crippen molar-refractivity contribution in [3.8, 4) is 0 Å². The highest BCUT2D eigenvalue weighted by Gasteiger charge is 2.15. The van der Waals surface area contributed by atoms with Gasteiger partial charge < -0.3 is 14.4 Å². The fourth-order valence-electron chi connectivity index (χ4n) is 1.72. The summed E-state index contributed by atoms with van der Waals surface area (Å²) in [5, 5.41) is 0. The van der Waals surface area contributed by atoms with Gasteiger partial charge in [-0.05, 0) is 12.5 Å². The molecule has 4 nitrogen and oxygen atoms in total. The Morgan fingerprint density at radius 3 is 2.63 bits per heavy atom. The zero-order valence-corrected chi connectivity index (χ0v) is 12.1. The number of halogens is 2. The smallest absolute Gasteiger partial charge is 0.170 e. The number of nitrogens with zero attached hydrogens (tertiary/aromatic N) is 2. The first-order valence-electron chi connectivity index (χ1n) is 6.16. The van der Waals surface area contributed by atoms with Gasteiger partial charge >= 0.3 is 0 Å². The van der Waals surface area contributed by atoms with Crippen molar-refractivity contribution in [3.05, 3.63) is 23.6 Å². The third-order valence-electron chi connectivity index (χ3n) is 2.74. The van der Waals surface area contributed by atoms with Crippen LogP contribution in [-0.4, -0.2) is 45.5 Å². The SMILES string of the molecule is COCCCN(CCOC)c1nccc(CCl)c1F. The van der Waals surface area contributed by atoms with Crippen LogP contribution in [0, 0.1) is 5.82 Å². The van der Waals surface area contributed by atoms with Gasteiger partial charge in [0.05, 0.1) is 12.5 Å². The van der Waals surface area contributed by atoms with Crippen LogP contribution in [0.3, 0.4) is 0 Å². The third kappa shape index (κ3) is 4.93. The Morgan fingerprint density at radius 2 is 2.00 bits per heavy atom. The molecule has 0 atom stereocenters. The van der Waals surface area contributed by atoms with Gasteiger partial charge in [0, 0.05) is 45.7 Å². The van der Waals surface area contributed by atoms with Crippen molar-refractivity contribution >= 4 is 17.4 Å². The first-order chi connectivity index (χ1) is 9.24. The molecule has 0 aromatic carbocycles. The second-order valence-electron chi connectivity index (χ2n) is 4.07. The zero-order valence-electron chi connectivity index (χ0n) is 11.4. The Kier molecular flexibility index (Phi) is 7.70. The molecule has 0 saturated carbocycles. The van der Waals surface area contributed by atoms with E-state index in [1.54, 1.807) is 26.5 Å². The lowest BCUT2D eigenvalue weighted by molar-refractivity contribution is 0.190. The molecule has 1 rings (SSSR count). The summed E-state index contributed by atoms with van der Waals surface area (Å²) in [6.07, 6.45) is 2.37. The Bertz CT molecular complexity index is 380. The number of aromatic nitrogens is 1. The lowest BCUT2D eigenvalue weighted by Crippen LogP contribution is -2.31. The summed E-state index contributed by atoms with van der Waals surface area (Å²) in [4.78, 5) is 5.97. The van der Waals surface area contributed by atoms with Crippen molar-refractivity contribution in [1.29, 1.82) is 0 Å². The first kappa shape index (κ1) is 16.1. The van der Waals surface area contributed by atoms with E-state index in [-0.39, 0.29) is 11.7 Å². The van der Waals surface area contributed by atoms with Crippen LogP contribution < -0.4 is 4.90 Å².